The van der Waals surface area contributed by atoms with Crippen molar-refractivity contribution in [3.63, 3.8) is 0 Å². The number of aromatic carboxylic acids is 1. The Bertz CT molecular complexity index is 1290. The summed E-state index contributed by atoms with van der Waals surface area (Å²) in [6, 6.07) is 14.0. The normalized spacial score (nSPS) is 11.4. The minimum absolute atomic E-state index is 0.000947. The van der Waals surface area contributed by atoms with Crippen LogP contribution in [0.25, 0.3) is 11.1 Å². The van der Waals surface area contributed by atoms with E-state index in [1.165, 1.54) is 23.1 Å². The van der Waals surface area contributed by atoms with Crippen LogP contribution < -0.4 is 15.5 Å². The van der Waals surface area contributed by atoms with E-state index in [2.05, 4.69) is 10.6 Å². The molecule has 0 radical (unpaired) electrons. The first kappa shape index (κ1) is 28.5. The molecule has 3 aromatic rings. The first-order valence-corrected chi connectivity index (χ1v) is 12.0. The summed E-state index contributed by atoms with van der Waals surface area (Å²) in [5.74, 6) is -1.94. The highest BCUT2D eigenvalue weighted by molar-refractivity contribution is 6.03. The molecule has 0 saturated heterocycles. The number of carboxylic acid groups (broad SMARTS) is 1. The summed E-state index contributed by atoms with van der Waals surface area (Å²) >= 11 is 0. The maximum absolute atomic E-state index is 14.1. The van der Waals surface area contributed by atoms with Crippen LogP contribution in [0.2, 0.25) is 0 Å². The van der Waals surface area contributed by atoms with Crippen LogP contribution in [0.3, 0.4) is 0 Å². The predicted molar refractivity (Wildman–Crippen MR) is 140 cm³/mol. The third kappa shape index (κ3) is 7.96. The molecular formula is C28H29F4N3O3. The van der Waals surface area contributed by atoms with Crippen LogP contribution in [0.1, 0.15) is 36.2 Å². The van der Waals surface area contributed by atoms with Gasteiger partial charge in [0.1, 0.15) is 5.82 Å². The number of nitrogens with zero attached hydrogens (tertiary/aromatic N) is 1. The third-order valence-electron chi connectivity index (χ3n) is 5.67. The van der Waals surface area contributed by atoms with E-state index >= 15 is 0 Å². The van der Waals surface area contributed by atoms with E-state index in [0.29, 0.717) is 11.4 Å². The van der Waals surface area contributed by atoms with Gasteiger partial charge in [-0.2, -0.15) is 13.2 Å². The lowest BCUT2D eigenvalue weighted by atomic mass is 9.98. The standard InChI is InChI=1S/C28H29F4N3O3/c1-17(2)16-35(13-12-28(30,31)32)25-11-6-19(23-15-20(29)7-10-22(23)26(36)37)14-24(25)34-27(38)33-21-8-4-18(3)5-9-21/h4-11,14-15,17H,12-13,16H2,1-3H3,(H,36,37)(H2,33,34,38). The minimum Gasteiger partial charge on any atom is -0.478 e. The van der Waals surface area contributed by atoms with Gasteiger partial charge in [-0.05, 0) is 66.4 Å². The van der Waals surface area contributed by atoms with Crippen LogP contribution in [0.5, 0.6) is 0 Å². The van der Waals surface area contributed by atoms with Crippen LogP contribution in [-0.4, -0.2) is 36.4 Å². The van der Waals surface area contributed by atoms with Crippen LogP contribution in [0, 0.1) is 18.7 Å². The summed E-state index contributed by atoms with van der Waals surface area (Å²) in [7, 11) is 0. The Balaban J connectivity index is 2.06. The van der Waals surface area contributed by atoms with E-state index in [9.17, 15) is 32.3 Å². The van der Waals surface area contributed by atoms with E-state index in [-0.39, 0.29) is 41.4 Å². The molecule has 0 aliphatic rings. The van der Waals surface area contributed by atoms with Gasteiger partial charge in [-0.15, -0.1) is 0 Å². The van der Waals surface area contributed by atoms with Gasteiger partial charge in [0, 0.05) is 18.8 Å². The number of urea groups is 1. The second-order valence-corrected chi connectivity index (χ2v) is 9.38. The van der Waals surface area contributed by atoms with Gasteiger partial charge in [0.25, 0.3) is 0 Å². The van der Waals surface area contributed by atoms with E-state index in [0.717, 1.165) is 23.8 Å². The van der Waals surface area contributed by atoms with Gasteiger partial charge in [0.15, 0.2) is 0 Å². The molecule has 0 heterocycles. The maximum Gasteiger partial charge on any atom is 0.390 e. The number of rotatable bonds is 9. The SMILES string of the molecule is Cc1ccc(NC(=O)Nc2cc(-c3cc(F)ccc3C(=O)O)ccc2N(CCC(F)(F)F)CC(C)C)cc1. The van der Waals surface area contributed by atoms with E-state index in [4.69, 9.17) is 0 Å². The van der Waals surface area contributed by atoms with E-state index < -0.39 is 30.4 Å². The van der Waals surface area contributed by atoms with Gasteiger partial charge in [0.2, 0.25) is 0 Å². The number of alkyl halides is 3. The summed E-state index contributed by atoms with van der Waals surface area (Å²) in [6.45, 7) is 5.53. The summed E-state index contributed by atoms with van der Waals surface area (Å²) in [4.78, 5) is 26.2. The molecule has 10 heteroatoms. The van der Waals surface area contributed by atoms with Crippen molar-refractivity contribution in [2.75, 3.05) is 28.6 Å². The Kier molecular flexibility index (Phi) is 8.98. The minimum atomic E-state index is -4.39. The Hall–Kier alpha value is -4.08. The third-order valence-corrected chi connectivity index (χ3v) is 5.67. The van der Waals surface area contributed by atoms with Crippen molar-refractivity contribution in [3.05, 3.63) is 77.6 Å². The zero-order valence-corrected chi connectivity index (χ0v) is 21.2. The number of carboxylic acids is 1. The monoisotopic (exact) mass is 531 g/mol. The molecule has 0 unspecified atom stereocenters. The lowest BCUT2D eigenvalue weighted by molar-refractivity contribution is -0.132. The molecule has 3 aromatic carbocycles. The van der Waals surface area contributed by atoms with Gasteiger partial charge < -0.3 is 20.6 Å². The molecule has 38 heavy (non-hydrogen) atoms. The zero-order chi connectivity index (χ0) is 28.0. The van der Waals surface area contributed by atoms with E-state index in [1.54, 1.807) is 24.3 Å². The number of nitrogens with one attached hydrogen (secondary N) is 2. The van der Waals surface area contributed by atoms with Crippen molar-refractivity contribution >= 4 is 29.1 Å². The largest absolute Gasteiger partial charge is 0.478 e. The second kappa shape index (κ2) is 12.0. The molecule has 0 atom stereocenters. The summed E-state index contributed by atoms with van der Waals surface area (Å²) in [5, 5.41) is 14.9. The van der Waals surface area contributed by atoms with Crippen LogP contribution >= 0.6 is 0 Å². The molecule has 0 aromatic heterocycles. The summed E-state index contributed by atoms with van der Waals surface area (Å²) in [5.41, 5.74) is 2.14. The van der Waals surface area contributed by atoms with Crippen molar-refractivity contribution in [1.82, 2.24) is 0 Å². The highest BCUT2D eigenvalue weighted by Crippen LogP contribution is 2.35. The number of halogens is 4. The molecule has 2 amide bonds. The Labute approximate surface area is 218 Å². The number of anilines is 3. The molecule has 0 aliphatic heterocycles. The lowest BCUT2D eigenvalue weighted by Crippen LogP contribution is -2.32. The average molecular weight is 532 g/mol. The van der Waals surface area contributed by atoms with Crippen molar-refractivity contribution < 1.29 is 32.3 Å². The van der Waals surface area contributed by atoms with Gasteiger partial charge in [-0.3, -0.25) is 0 Å². The predicted octanol–water partition coefficient (Wildman–Crippen LogP) is 7.56. The van der Waals surface area contributed by atoms with Crippen LogP contribution in [0.4, 0.5) is 39.4 Å². The van der Waals surface area contributed by atoms with E-state index in [1.807, 2.05) is 20.8 Å². The smallest absolute Gasteiger partial charge is 0.390 e. The molecule has 0 saturated carbocycles. The molecule has 3 N–H and O–H groups in total. The quantitative estimate of drug-likeness (QED) is 0.249. The van der Waals surface area contributed by atoms with Gasteiger partial charge in [-0.1, -0.05) is 37.6 Å². The highest BCUT2D eigenvalue weighted by atomic mass is 19.4. The van der Waals surface area contributed by atoms with Crippen molar-refractivity contribution in [3.8, 4) is 11.1 Å². The summed E-state index contributed by atoms with van der Waals surface area (Å²) < 4.78 is 53.3. The van der Waals surface area contributed by atoms with Gasteiger partial charge in [-0.25, -0.2) is 14.0 Å². The second-order valence-electron chi connectivity index (χ2n) is 9.38. The zero-order valence-electron chi connectivity index (χ0n) is 21.2. The fraction of sp³-hybridized carbons (Fsp3) is 0.286. The molecule has 0 bridgehead atoms. The number of carbonyl (C=O) groups is 2. The molecule has 0 fully saturated rings. The Morgan fingerprint density at radius 3 is 2.26 bits per heavy atom. The molecular weight excluding hydrogens is 502 g/mol. The molecule has 202 valence electrons. The number of amides is 2. The molecule has 0 spiro atoms. The molecule has 0 aliphatic carbocycles. The van der Waals surface area contributed by atoms with Crippen molar-refractivity contribution in [2.45, 2.75) is 33.4 Å². The maximum atomic E-state index is 14.1. The Morgan fingerprint density at radius 2 is 1.66 bits per heavy atom. The van der Waals surface area contributed by atoms with Crippen molar-refractivity contribution in [1.29, 1.82) is 0 Å². The van der Waals surface area contributed by atoms with Crippen LogP contribution in [-0.2, 0) is 0 Å². The average Bonchev–Trinajstić information content (AvgIpc) is 2.82. The number of benzene rings is 3. The van der Waals surface area contributed by atoms with Gasteiger partial charge in [0.05, 0.1) is 23.4 Å². The fourth-order valence-electron chi connectivity index (χ4n) is 3.96. The molecule has 6 nitrogen and oxygen atoms in total. The molecule has 3 rings (SSSR count). The first-order valence-electron chi connectivity index (χ1n) is 12.0. The lowest BCUT2D eigenvalue weighted by Gasteiger charge is -2.29. The highest BCUT2D eigenvalue weighted by Gasteiger charge is 2.29. The number of hydrogen-bond donors (Lipinski definition) is 3. The number of hydrogen-bond acceptors (Lipinski definition) is 3. The van der Waals surface area contributed by atoms with Crippen LogP contribution in [0.15, 0.2) is 60.7 Å². The van der Waals surface area contributed by atoms with Crippen molar-refractivity contribution in [2.24, 2.45) is 5.92 Å². The first-order chi connectivity index (χ1) is 17.8. The topological polar surface area (TPSA) is 81.7 Å². The van der Waals surface area contributed by atoms with Gasteiger partial charge >= 0.3 is 18.2 Å². The number of aryl methyl sites for hydroxylation is 1. The number of carbonyl (C=O) groups excluding carboxylic acids is 1. The fourth-order valence-corrected chi connectivity index (χ4v) is 3.96. The summed E-state index contributed by atoms with van der Waals surface area (Å²) in [6.07, 6.45) is -5.45. The Morgan fingerprint density at radius 1 is 0.974 bits per heavy atom.